The minimum atomic E-state index is -0.00231. The lowest BCUT2D eigenvalue weighted by Gasteiger charge is -2.22. The number of ether oxygens (including phenoxy) is 4. The fourth-order valence-electron chi connectivity index (χ4n) is 3.69. The van der Waals surface area contributed by atoms with Crippen molar-refractivity contribution in [2.24, 2.45) is 5.92 Å². The summed E-state index contributed by atoms with van der Waals surface area (Å²) in [6, 6.07) is 5.43. The van der Waals surface area contributed by atoms with E-state index in [1.54, 1.807) is 18.2 Å². The zero-order valence-electron chi connectivity index (χ0n) is 14.6. The van der Waals surface area contributed by atoms with Gasteiger partial charge in [0.05, 0.1) is 32.0 Å². The standard InChI is InChI=1S/C18H24N2O5/c1-19(2)5-6-23-17-8-20(14-10-22-9-13(14)17)18(21)12-3-4-15-16(7-12)25-11-24-15/h3-4,7,13-14,17H,5-6,8-11H2,1-2H3/t13-,14+,17+/m1/s1. The monoisotopic (exact) mass is 348 g/mol. The number of likely N-dealkylation sites (N-methyl/N-ethyl adjacent to an activating group) is 1. The molecule has 3 atom stereocenters. The normalized spacial score (nSPS) is 27.2. The number of hydrogen-bond acceptors (Lipinski definition) is 6. The first-order valence-corrected chi connectivity index (χ1v) is 8.68. The van der Waals surface area contributed by atoms with Crippen molar-refractivity contribution in [1.82, 2.24) is 9.80 Å². The van der Waals surface area contributed by atoms with Gasteiger partial charge in [0.25, 0.3) is 5.91 Å². The third-order valence-electron chi connectivity index (χ3n) is 5.10. The Morgan fingerprint density at radius 3 is 2.96 bits per heavy atom. The number of hydrogen-bond donors (Lipinski definition) is 0. The van der Waals surface area contributed by atoms with Crippen molar-refractivity contribution in [3.63, 3.8) is 0 Å². The summed E-state index contributed by atoms with van der Waals surface area (Å²) in [4.78, 5) is 17.0. The van der Waals surface area contributed by atoms with E-state index in [-0.39, 0.29) is 30.8 Å². The molecule has 1 aromatic carbocycles. The van der Waals surface area contributed by atoms with Crippen LogP contribution in [0.25, 0.3) is 0 Å². The Morgan fingerprint density at radius 2 is 2.12 bits per heavy atom. The molecule has 3 aliphatic rings. The number of likely N-dealkylation sites (tertiary alicyclic amines) is 1. The Balaban J connectivity index is 1.47. The molecule has 2 fully saturated rings. The Bertz CT molecular complexity index is 650. The molecule has 0 aliphatic carbocycles. The van der Waals surface area contributed by atoms with Crippen molar-refractivity contribution in [2.75, 3.05) is 53.8 Å². The largest absolute Gasteiger partial charge is 0.454 e. The number of rotatable bonds is 5. The lowest BCUT2D eigenvalue weighted by Crippen LogP contribution is -2.38. The van der Waals surface area contributed by atoms with Crippen LogP contribution in [0.15, 0.2) is 18.2 Å². The maximum atomic E-state index is 13.0. The van der Waals surface area contributed by atoms with Gasteiger partial charge < -0.3 is 28.7 Å². The molecule has 4 rings (SSSR count). The molecule has 2 saturated heterocycles. The molecule has 7 heteroatoms. The Hall–Kier alpha value is -1.83. The van der Waals surface area contributed by atoms with Crippen LogP contribution in [-0.2, 0) is 9.47 Å². The van der Waals surface area contributed by atoms with Gasteiger partial charge in [-0.05, 0) is 32.3 Å². The predicted molar refractivity (Wildman–Crippen MR) is 90.0 cm³/mol. The fraction of sp³-hybridized carbons (Fsp3) is 0.611. The Kier molecular flexibility index (Phi) is 4.54. The van der Waals surface area contributed by atoms with Gasteiger partial charge >= 0.3 is 0 Å². The summed E-state index contributed by atoms with van der Waals surface area (Å²) in [5.74, 6) is 1.56. The quantitative estimate of drug-likeness (QED) is 0.786. The van der Waals surface area contributed by atoms with E-state index in [4.69, 9.17) is 18.9 Å². The van der Waals surface area contributed by atoms with E-state index in [1.807, 2.05) is 19.0 Å². The fourth-order valence-corrected chi connectivity index (χ4v) is 3.69. The van der Waals surface area contributed by atoms with Gasteiger partial charge in [0.1, 0.15) is 0 Å². The van der Waals surface area contributed by atoms with Gasteiger partial charge in [0.2, 0.25) is 6.79 Å². The average molecular weight is 348 g/mol. The highest BCUT2D eigenvalue weighted by Crippen LogP contribution is 2.36. The highest BCUT2D eigenvalue weighted by Gasteiger charge is 2.48. The molecule has 3 heterocycles. The zero-order chi connectivity index (χ0) is 17.4. The molecule has 0 spiro atoms. The second kappa shape index (κ2) is 6.82. The number of nitrogens with zero attached hydrogens (tertiary/aromatic N) is 2. The highest BCUT2D eigenvalue weighted by atomic mass is 16.7. The summed E-state index contributed by atoms with van der Waals surface area (Å²) in [6.07, 6.45) is 0.0328. The second-order valence-electron chi connectivity index (χ2n) is 7.01. The molecule has 136 valence electrons. The van der Waals surface area contributed by atoms with Crippen LogP contribution in [0.3, 0.4) is 0 Å². The van der Waals surface area contributed by atoms with Crippen LogP contribution >= 0.6 is 0 Å². The molecule has 3 aliphatic heterocycles. The molecular formula is C18H24N2O5. The summed E-state index contributed by atoms with van der Waals surface area (Å²) >= 11 is 0. The molecule has 0 N–H and O–H groups in total. The topological polar surface area (TPSA) is 60.5 Å². The lowest BCUT2D eigenvalue weighted by atomic mass is 10.0. The summed E-state index contributed by atoms with van der Waals surface area (Å²) in [5.41, 5.74) is 0.615. The van der Waals surface area contributed by atoms with Crippen molar-refractivity contribution >= 4 is 5.91 Å². The highest BCUT2D eigenvalue weighted by molar-refractivity contribution is 5.95. The number of amides is 1. The van der Waals surface area contributed by atoms with Crippen molar-refractivity contribution < 1.29 is 23.7 Å². The van der Waals surface area contributed by atoms with Gasteiger partial charge in [-0.15, -0.1) is 0 Å². The van der Waals surface area contributed by atoms with Crippen molar-refractivity contribution in [1.29, 1.82) is 0 Å². The summed E-state index contributed by atoms with van der Waals surface area (Å²) < 4.78 is 22.4. The van der Waals surface area contributed by atoms with E-state index in [1.165, 1.54) is 0 Å². The molecular weight excluding hydrogens is 324 g/mol. The van der Waals surface area contributed by atoms with Crippen LogP contribution < -0.4 is 9.47 Å². The van der Waals surface area contributed by atoms with Crippen LogP contribution in [0, 0.1) is 5.92 Å². The third kappa shape index (κ3) is 3.19. The maximum Gasteiger partial charge on any atom is 0.254 e. The number of carbonyl (C=O) groups excluding carboxylic acids is 1. The molecule has 25 heavy (non-hydrogen) atoms. The molecule has 7 nitrogen and oxygen atoms in total. The SMILES string of the molecule is CN(C)CCO[C@H]1CN(C(=O)c2ccc3c(c2)OCO3)[C@H]2COC[C@@H]12. The average Bonchev–Trinajstić information content (AvgIpc) is 3.30. The summed E-state index contributed by atoms with van der Waals surface area (Å²) in [7, 11) is 4.05. The van der Waals surface area contributed by atoms with Crippen molar-refractivity contribution in [2.45, 2.75) is 12.1 Å². The maximum absolute atomic E-state index is 13.0. The molecule has 0 unspecified atom stereocenters. The van der Waals surface area contributed by atoms with Gasteiger partial charge in [0.15, 0.2) is 11.5 Å². The Labute approximate surface area is 147 Å². The van der Waals surface area contributed by atoms with E-state index in [9.17, 15) is 4.79 Å². The number of carbonyl (C=O) groups is 1. The van der Waals surface area contributed by atoms with Crippen LogP contribution in [0.5, 0.6) is 11.5 Å². The van der Waals surface area contributed by atoms with Crippen LogP contribution in [0.2, 0.25) is 0 Å². The summed E-state index contributed by atoms with van der Waals surface area (Å²) in [6.45, 7) is 3.57. The van der Waals surface area contributed by atoms with E-state index in [0.29, 0.717) is 43.4 Å². The molecule has 1 amide bonds. The van der Waals surface area contributed by atoms with E-state index < -0.39 is 0 Å². The number of benzene rings is 1. The number of fused-ring (bicyclic) bond motifs is 2. The van der Waals surface area contributed by atoms with Crippen LogP contribution in [0.4, 0.5) is 0 Å². The van der Waals surface area contributed by atoms with E-state index >= 15 is 0 Å². The molecule has 1 aromatic rings. The van der Waals surface area contributed by atoms with Gasteiger partial charge in [-0.25, -0.2) is 0 Å². The van der Waals surface area contributed by atoms with Crippen LogP contribution in [-0.4, -0.2) is 81.7 Å². The zero-order valence-corrected chi connectivity index (χ0v) is 14.6. The van der Waals surface area contributed by atoms with Crippen LogP contribution in [0.1, 0.15) is 10.4 Å². The molecule has 0 aromatic heterocycles. The van der Waals surface area contributed by atoms with Crippen molar-refractivity contribution in [3.8, 4) is 11.5 Å². The third-order valence-corrected chi connectivity index (χ3v) is 5.10. The van der Waals surface area contributed by atoms with Gasteiger partial charge in [-0.3, -0.25) is 4.79 Å². The smallest absolute Gasteiger partial charge is 0.254 e. The minimum absolute atomic E-state index is 0.00231. The Morgan fingerprint density at radius 1 is 1.28 bits per heavy atom. The lowest BCUT2D eigenvalue weighted by molar-refractivity contribution is 0.0136. The van der Waals surface area contributed by atoms with Gasteiger partial charge in [-0.1, -0.05) is 0 Å². The first kappa shape index (κ1) is 16.6. The molecule has 0 saturated carbocycles. The van der Waals surface area contributed by atoms with Gasteiger partial charge in [-0.2, -0.15) is 0 Å². The van der Waals surface area contributed by atoms with Crippen molar-refractivity contribution in [3.05, 3.63) is 23.8 Å². The van der Waals surface area contributed by atoms with E-state index in [0.717, 1.165) is 6.54 Å². The predicted octanol–water partition coefficient (Wildman–Crippen LogP) is 0.833. The molecule has 0 radical (unpaired) electrons. The first-order valence-electron chi connectivity index (χ1n) is 8.68. The first-order chi connectivity index (χ1) is 12.1. The van der Waals surface area contributed by atoms with Gasteiger partial charge in [0, 0.05) is 24.6 Å². The minimum Gasteiger partial charge on any atom is -0.454 e. The second-order valence-corrected chi connectivity index (χ2v) is 7.01. The summed E-state index contributed by atoms with van der Waals surface area (Å²) in [5, 5.41) is 0. The molecule has 0 bridgehead atoms. The van der Waals surface area contributed by atoms with E-state index in [2.05, 4.69) is 4.90 Å².